The Morgan fingerprint density at radius 2 is 1.88 bits per heavy atom. The largest absolute Gasteiger partial charge is 0.390 e. The topological polar surface area (TPSA) is 60.6 Å². The molecule has 2 aromatic carbocycles. The van der Waals surface area contributed by atoms with Crippen molar-refractivity contribution >= 4 is 46.1 Å². The summed E-state index contributed by atoms with van der Waals surface area (Å²) in [7, 11) is 0. The number of aliphatic imine (C=N–C) groups is 1. The molecule has 0 saturated heterocycles. The number of fused-ring (bicyclic) bond motifs is 3. The smallest absolute Gasteiger partial charge is 0.154 e. The summed E-state index contributed by atoms with van der Waals surface area (Å²) in [6.07, 6.45) is 0. The summed E-state index contributed by atoms with van der Waals surface area (Å²) in [5, 5.41) is 19.0. The number of aliphatic hydroxyl groups excluding tert-OH is 1. The fraction of sp³-hybridized carbons (Fsp3) is 0.167. The van der Waals surface area contributed by atoms with Crippen LogP contribution in [0.1, 0.15) is 11.1 Å². The van der Waals surface area contributed by atoms with Crippen molar-refractivity contribution in [3.8, 4) is 0 Å². The first-order chi connectivity index (χ1) is 12.2. The number of rotatable bonds is 2. The maximum Gasteiger partial charge on any atom is 0.154 e. The summed E-state index contributed by atoms with van der Waals surface area (Å²) >= 11 is 12.7. The average Bonchev–Trinajstić information content (AvgIpc) is 2.78. The molecule has 0 bridgehead atoms. The van der Waals surface area contributed by atoms with Crippen molar-refractivity contribution in [1.82, 2.24) is 0 Å². The Bertz CT molecular complexity index is 936. The standard InChI is InChI=1S/C18H14Cl2N4O/c19-11-5-6-16-14(7-11)18(13-3-1-2-4-15(13)20)21-8-17-23-22-12(10-25)9-24(16)17/h1-7,25H,8-10H2. The molecule has 4 rings (SSSR count). The highest BCUT2D eigenvalue weighted by Crippen LogP contribution is 2.32. The lowest BCUT2D eigenvalue weighted by Crippen LogP contribution is -2.40. The van der Waals surface area contributed by atoms with Crippen LogP contribution in [0.25, 0.3) is 0 Å². The summed E-state index contributed by atoms with van der Waals surface area (Å²) in [5.41, 5.74) is 4.01. The van der Waals surface area contributed by atoms with Crippen molar-refractivity contribution in [3.05, 3.63) is 63.6 Å². The van der Waals surface area contributed by atoms with Crippen LogP contribution in [0.3, 0.4) is 0 Å². The minimum atomic E-state index is -0.131. The normalized spacial score (nSPS) is 16.3. The van der Waals surface area contributed by atoms with Crippen LogP contribution < -0.4 is 4.90 Å². The van der Waals surface area contributed by atoms with Gasteiger partial charge in [0.15, 0.2) is 5.84 Å². The molecule has 0 atom stereocenters. The van der Waals surface area contributed by atoms with Gasteiger partial charge in [-0.15, -0.1) is 5.10 Å². The molecule has 2 aliphatic heterocycles. The molecule has 0 saturated carbocycles. The molecule has 7 heteroatoms. The maximum absolute atomic E-state index is 9.42. The third-order valence-corrected chi connectivity index (χ3v) is 4.72. The second-order valence-electron chi connectivity index (χ2n) is 5.73. The maximum atomic E-state index is 9.42. The number of anilines is 1. The number of hydrogen-bond acceptors (Lipinski definition) is 5. The fourth-order valence-electron chi connectivity index (χ4n) is 2.96. The first-order valence-corrected chi connectivity index (χ1v) is 8.53. The lowest BCUT2D eigenvalue weighted by molar-refractivity contribution is 0.355. The lowest BCUT2D eigenvalue weighted by atomic mass is 10.00. The molecule has 2 aliphatic rings. The third-order valence-electron chi connectivity index (χ3n) is 4.15. The van der Waals surface area contributed by atoms with Crippen molar-refractivity contribution in [2.24, 2.45) is 15.2 Å². The molecule has 0 radical (unpaired) electrons. The van der Waals surface area contributed by atoms with E-state index < -0.39 is 0 Å². The summed E-state index contributed by atoms with van der Waals surface area (Å²) in [6.45, 7) is 0.707. The number of halogens is 2. The van der Waals surface area contributed by atoms with E-state index in [1.165, 1.54) is 0 Å². The van der Waals surface area contributed by atoms with E-state index in [-0.39, 0.29) is 6.61 Å². The van der Waals surface area contributed by atoms with Crippen molar-refractivity contribution in [1.29, 1.82) is 0 Å². The molecule has 2 heterocycles. The molecule has 25 heavy (non-hydrogen) atoms. The first kappa shape index (κ1) is 16.3. The van der Waals surface area contributed by atoms with Gasteiger partial charge in [0.2, 0.25) is 0 Å². The predicted molar refractivity (Wildman–Crippen MR) is 103 cm³/mol. The molecule has 126 valence electrons. The summed E-state index contributed by atoms with van der Waals surface area (Å²) < 4.78 is 0. The Morgan fingerprint density at radius 1 is 1.04 bits per heavy atom. The minimum absolute atomic E-state index is 0.131. The zero-order valence-corrected chi connectivity index (χ0v) is 14.7. The monoisotopic (exact) mass is 372 g/mol. The van der Waals surface area contributed by atoms with Crippen LogP contribution in [0.15, 0.2) is 57.7 Å². The second kappa shape index (κ2) is 6.59. The van der Waals surface area contributed by atoms with E-state index in [1.54, 1.807) is 0 Å². The van der Waals surface area contributed by atoms with Gasteiger partial charge in [0.1, 0.15) is 0 Å². The molecule has 1 N–H and O–H groups in total. The van der Waals surface area contributed by atoms with Gasteiger partial charge in [-0.05, 0) is 24.3 Å². The Balaban J connectivity index is 1.91. The van der Waals surface area contributed by atoms with E-state index in [2.05, 4.69) is 10.2 Å². The molecule has 0 fully saturated rings. The van der Waals surface area contributed by atoms with E-state index in [1.807, 2.05) is 47.4 Å². The van der Waals surface area contributed by atoms with Gasteiger partial charge in [-0.2, -0.15) is 5.10 Å². The number of hydrogen-bond donors (Lipinski definition) is 1. The fourth-order valence-corrected chi connectivity index (χ4v) is 3.36. The highest BCUT2D eigenvalue weighted by atomic mass is 35.5. The number of benzene rings is 2. The van der Waals surface area contributed by atoms with Gasteiger partial charge in [0.25, 0.3) is 0 Å². The summed E-state index contributed by atoms with van der Waals surface area (Å²) in [4.78, 5) is 6.75. The Hall–Kier alpha value is -2.21. The van der Waals surface area contributed by atoms with Crippen molar-refractivity contribution in [2.75, 3.05) is 24.6 Å². The van der Waals surface area contributed by atoms with E-state index >= 15 is 0 Å². The molecular formula is C18H14Cl2N4O. The van der Waals surface area contributed by atoms with Crippen LogP contribution in [0.2, 0.25) is 10.0 Å². The van der Waals surface area contributed by atoms with Gasteiger partial charge in [0.05, 0.1) is 36.8 Å². The summed E-state index contributed by atoms with van der Waals surface area (Å²) in [5.74, 6) is 0.725. The summed E-state index contributed by atoms with van der Waals surface area (Å²) in [6, 6.07) is 13.2. The van der Waals surface area contributed by atoms with Gasteiger partial charge in [-0.1, -0.05) is 41.4 Å². The Labute approximate surface area is 154 Å². The van der Waals surface area contributed by atoms with Crippen molar-refractivity contribution < 1.29 is 5.11 Å². The molecule has 0 spiro atoms. The zero-order valence-electron chi connectivity index (χ0n) is 13.2. The van der Waals surface area contributed by atoms with Crippen LogP contribution in [0.4, 0.5) is 5.69 Å². The van der Waals surface area contributed by atoms with Gasteiger partial charge in [0, 0.05) is 21.2 Å². The molecule has 0 aliphatic carbocycles. The van der Waals surface area contributed by atoms with Crippen LogP contribution in [0.5, 0.6) is 0 Å². The highest BCUT2D eigenvalue weighted by molar-refractivity contribution is 6.37. The van der Waals surface area contributed by atoms with Crippen LogP contribution in [-0.4, -0.2) is 42.1 Å². The SMILES string of the molecule is OCC1=NN=C2CN=C(c3ccccc3Cl)c3cc(Cl)ccc3N2C1. The quantitative estimate of drug-likeness (QED) is 0.877. The number of aliphatic hydroxyl groups is 1. The second-order valence-corrected chi connectivity index (χ2v) is 6.58. The van der Waals surface area contributed by atoms with Gasteiger partial charge < -0.3 is 10.0 Å². The van der Waals surface area contributed by atoms with E-state index in [9.17, 15) is 5.11 Å². The Morgan fingerprint density at radius 3 is 2.68 bits per heavy atom. The average molecular weight is 373 g/mol. The molecular weight excluding hydrogens is 359 g/mol. The van der Waals surface area contributed by atoms with Crippen molar-refractivity contribution in [2.45, 2.75) is 0 Å². The Kier molecular flexibility index (Phi) is 4.29. The minimum Gasteiger partial charge on any atom is -0.390 e. The molecule has 0 amide bonds. The predicted octanol–water partition coefficient (Wildman–Crippen LogP) is 3.41. The van der Waals surface area contributed by atoms with Gasteiger partial charge >= 0.3 is 0 Å². The van der Waals surface area contributed by atoms with E-state index in [0.29, 0.717) is 28.8 Å². The van der Waals surface area contributed by atoms with E-state index in [4.69, 9.17) is 28.2 Å². The highest BCUT2D eigenvalue weighted by Gasteiger charge is 2.27. The van der Waals surface area contributed by atoms with Crippen LogP contribution in [-0.2, 0) is 0 Å². The zero-order chi connectivity index (χ0) is 17.4. The molecule has 2 aromatic rings. The van der Waals surface area contributed by atoms with Gasteiger partial charge in [-0.25, -0.2) is 0 Å². The number of amidine groups is 1. The van der Waals surface area contributed by atoms with E-state index in [0.717, 1.165) is 28.4 Å². The third kappa shape index (κ3) is 2.95. The molecule has 0 unspecified atom stereocenters. The van der Waals surface area contributed by atoms with Crippen LogP contribution in [0, 0.1) is 0 Å². The molecule has 5 nitrogen and oxygen atoms in total. The van der Waals surface area contributed by atoms with Gasteiger partial charge in [-0.3, -0.25) is 4.99 Å². The molecule has 0 aromatic heterocycles. The van der Waals surface area contributed by atoms with Crippen LogP contribution >= 0.6 is 23.2 Å². The van der Waals surface area contributed by atoms with Crippen molar-refractivity contribution in [3.63, 3.8) is 0 Å². The first-order valence-electron chi connectivity index (χ1n) is 7.77. The number of nitrogens with zero attached hydrogens (tertiary/aromatic N) is 4. The lowest BCUT2D eigenvalue weighted by Gasteiger charge is -2.27.